The lowest BCUT2D eigenvalue weighted by Gasteiger charge is -2.10. The average Bonchev–Trinajstić information content (AvgIpc) is 3.15. The lowest BCUT2D eigenvalue weighted by Crippen LogP contribution is -2.27. The molecule has 0 spiro atoms. The number of nitrogens with one attached hydrogen (secondary N) is 1. The van der Waals surface area contributed by atoms with Gasteiger partial charge in [0.25, 0.3) is 0 Å². The Kier molecular flexibility index (Phi) is 6.43. The number of thioether (sulfide) groups is 1. The minimum Gasteiger partial charge on any atom is -0.494 e. The molecule has 0 fully saturated rings. The Labute approximate surface area is 162 Å². The summed E-state index contributed by atoms with van der Waals surface area (Å²) in [7, 11) is 1.60. The van der Waals surface area contributed by atoms with Crippen LogP contribution in [0.5, 0.6) is 5.75 Å². The van der Waals surface area contributed by atoms with Gasteiger partial charge in [0.05, 0.1) is 12.9 Å². The van der Waals surface area contributed by atoms with Crippen molar-refractivity contribution in [2.75, 3.05) is 19.4 Å². The molecular formula is C19H21N5O2S. The quantitative estimate of drug-likeness (QED) is 0.602. The van der Waals surface area contributed by atoms with E-state index in [4.69, 9.17) is 4.74 Å². The molecule has 1 aromatic heterocycles. The second-order valence-corrected chi connectivity index (χ2v) is 6.87. The topological polar surface area (TPSA) is 81.9 Å². The molecule has 0 bridgehead atoms. The van der Waals surface area contributed by atoms with Crippen molar-refractivity contribution in [3.8, 4) is 11.4 Å². The number of hydrogen-bond acceptors (Lipinski definition) is 6. The number of carbonyl (C=O) groups is 1. The molecule has 0 aliphatic rings. The lowest BCUT2D eigenvalue weighted by molar-refractivity contribution is -0.118. The summed E-state index contributed by atoms with van der Waals surface area (Å²) in [5.74, 6) is 0.854. The van der Waals surface area contributed by atoms with E-state index in [-0.39, 0.29) is 11.7 Å². The Balaban J connectivity index is 1.57. The van der Waals surface area contributed by atoms with Crippen molar-refractivity contribution in [2.45, 2.75) is 18.5 Å². The Morgan fingerprint density at radius 2 is 2.04 bits per heavy atom. The summed E-state index contributed by atoms with van der Waals surface area (Å²) in [5, 5.41) is 15.3. The zero-order valence-electron chi connectivity index (χ0n) is 15.3. The van der Waals surface area contributed by atoms with Gasteiger partial charge in [-0.25, -0.2) is 0 Å². The molecular weight excluding hydrogens is 362 g/mol. The van der Waals surface area contributed by atoms with E-state index in [1.807, 2.05) is 55.5 Å². The first kappa shape index (κ1) is 18.9. The number of nitrogens with zero attached hydrogens (tertiary/aromatic N) is 4. The summed E-state index contributed by atoms with van der Waals surface area (Å²) >= 11 is 1.29. The Morgan fingerprint density at radius 3 is 2.81 bits per heavy atom. The van der Waals surface area contributed by atoms with E-state index in [1.54, 1.807) is 11.8 Å². The van der Waals surface area contributed by atoms with Crippen molar-refractivity contribution >= 4 is 17.7 Å². The first-order chi connectivity index (χ1) is 13.2. The van der Waals surface area contributed by atoms with Crippen LogP contribution >= 0.6 is 11.8 Å². The van der Waals surface area contributed by atoms with Gasteiger partial charge in [0.1, 0.15) is 11.4 Å². The first-order valence-electron chi connectivity index (χ1n) is 8.54. The van der Waals surface area contributed by atoms with Crippen LogP contribution in [0.2, 0.25) is 0 Å². The van der Waals surface area contributed by atoms with Crippen molar-refractivity contribution < 1.29 is 9.53 Å². The number of carbonyl (C=O) groups excluding carboxylic acids is 1. The number of rotatable bonds is 8. The zero-order chi connectivity index (χ0) is 19.1. The highest BCUT2D eigenvalue weighted by Crippen LogP contribution is 2.26. The molecule has 7 nitrogen and oxygen atoms in total. The van der Waals surface area contributed by atoms with Gasteiger partial charge in [-0.2, -0.15) is 4.68 Å². The lowest BCUT2D eigenvalue weighted by atomic mass is 10.1. The number of aryl methyl sites for hydroxylation is 1. The summed E-state index contributed by atoms with van der Waals surface area (Å²) in [6, 6.07) is 15.8. The van der Waals surface area contributed by atoms with Crippen LogP contribution in [0, 0.1) is 6.92 Å². The smallest absolute Gasteiger partial charge is 0.230 e. The molecule has 0 saturated carbocycles. The molecule has 3 aromatic rings. The predicted octanol–water partition coefficient (Wildman–Crippen LogP) is 2.43. The summed E-state index contributed by atoms with van der Waals surface area (Å²) < 4.78 is 6.99. The fourth-order valence-electron chi connectivity index (χ4n) is 2.56. The van der Waals surface area contributed by atoms with Crippen molar-refractivity contribution in [2.24, 2.45) is 0 Å². The highest BCUT2D eigenvalue weighted by molar-refractivity contribution is 7.99. The van der Waals surface area contributed by atoms with Crippen LogP contribution in [0.3, 0.4) is 0 Å². The third kappa shape index (κ3) is 5.07. The van der Waals surface area contributed by atoms with Crippen LogP contribution in [0.4, 0.5) is 0 Å². The fourth-order valence-corrected chi connectivity index (χ4v) is 3.27. The predicted molar refractivity (Wildman–Crippen MR) is 104 cm³/mol. The molecule has 3 rings (SSSR count). The third-order valence-corrected chi connectivity index (χ3v) is 4.83. The molecule has 0 atom stereocenters. The summed E-state index contributed by atoms with van der Waals surface area (Å²) in [6.07, 6.45) is 0.801. The molecule has 27 heavy (non-hydrogen) atoms. The highest BCUT2D eigenvalue weighted by atomic mass is 32.2. The van der Waals surface area contributed by atoms with Gasteiger partial charge in [-0.3, -0.25) is 4.79 Å². The molecule has 0 radical (unpaired) electrons. The maximum atomic E-state index is 12.1. The molecule has 2 aromatic carbocycles. The van der Waals surface area contributed by atoms with E-state index in [0.29, 0.717) is 17.5 Å². The van der Waals surface area contributed by atoms with Gasteiger partial charge < -0.3 is 10.1 Å². The van der Waals surface area contributed by atoms with Crippen molar-refractivity contribution in [1.82, 2.24) is 25.5 Å². The van der Waals surface area contributed by atoms with Crippen molar-refractivity contribution in [3.63, 3.8) is 0 Å². The zero-order valence-corrected chi connectivity index (χ0v) is 16.1. The molecule has 140 valence electrons. The molecule has 1 amide bonds. The maximum Gasteiger partial charge on any atom is 0.230 e. The summed E-state index contributed by atoms with van der Waals surface area (Å²) in [4.78, 5) is 12.1. The first-order valence-corrected chi connectivity index (χ1v) is 9.53. The molecule has 8 heteroatoms. The Bertz CT molecular complexity index is 898. The molecule has 0 saturated heterocycles. The van der Waals surface area contributed by atoms with Crippen LogP contribution in [-0.4, -0.2) is 45.5 Å². The van der Waals surface area contributed by atoms with E-state index < -0.39 is 0 Å². The second kappa shape index (κ2) is 9.18. The van der Waals surface area contributed by atoms with Gasteiger partial charge in [-0.1, -0.05) is 48.2 Å². The number of hydrogen-bond donors (Lipinski definition) is 1. The van der Waals surface area contributed by atoms with Crippen LogP contribution in [0.25, 0.3) is 5.69 Å². The van der Waals surface area contributed by atoms with E-state index in [9.17, 15) is 4.79 Å². The SMILES string of the molecule is COc1ccc(C)cc1-n1nnnc1SCC(=O)NCCc1ccccc1. The number of aromatic nitrogens is 4. The van der Waals surface area contributed by atoms with Crippen LogP contribution in [0.1, 0.15) is 11.1 Å². The number of benzene rings is 2. The molecule has 0 aliphatic carbocycles. The third-order valence-electron chi connectivity index (χ3n) is 3.91. The Morgan fingerprint density at radius 1 is 1.22 bits per heavy atom. The number of amides is 1. The van der Waals surface area contributed by atoms with Gasteiger partial charge >= 0.3 is 0 Å². The van der Waals surface area contributed by atoms with E-state index in [0.717, 1.165) is 17.7 Å². The maximum absolute atomic E-state index is 12.1. The van der Waals surface area contributed by atoms with Gasteiger partial charge in [0.2, 0.25) is 11.1 Å². The molecule has 1 heterocycles. The van der Waals surface area contributed by atoms with E-state index in [2.05, 4.69) is 20.8 Å². The summed E-state index contributed by atoms with van der Waals surface area (Å²) in [5.41, 5.74) is 3.01. The van der Waals surface area contributed by atoms with Crippen LogP contribution < -0.4 is 10.1 Å². The minimum atomic E-state index is -0.0540. The van der Waals surface area contributed by atoms with Crippen molar-refractivity contribution in [3.05, 3.63) is 59.7 Å². The van der Waals surface area contributed by atoms with E-state index >= 15 is 0 Å². The second-order valence-electron chi connectivity index (χ2n) is 5.92. The summed E-state index contributed by atoms with van der Waals surface area (Å²) in [6.45, 7) is 2.58. The standard InChI is InChI=1S/C19H21N5O2S/c1-14-8-9-17(26-2)16(12-14)24-19(21-22-23-24)27-13-18(25)20-11-10-15-6-4-3-5-7-15/h3-9,12H,10-11,13H2,1-2H3,(H,20,25). The van der Waals surface area contributed by atoms with E-state index in [1.165, 1.54) is 17.3 Å². The fraction of sp³-hybridized carbons (Fsp3) is 0.263. The molecule has 0 aliphatic heterocycles. The average molecular weight is 383 g/mol. The van der Waals surface area contributed by atoms with Gasteiger partial charge in [-0.05, 0) is 47.0 Å². The van der Waals surface area contributed by atoms with Crippen LogP contribution in [0.15, 0.2) is 53.7 Å². The van der Waals surface area contributed by atoms with Crippen LogP contribution in [-0.2, 0) is 11.2 Å². The monoisotopic (exact) mass is 383 g/mol. The number of methoxy groups -OCH3 is 1. The van der Waals surface area contributed by atoms with Crippen molar-refractivity contribution in [1.29, 1.82) is 0 Å². The number of ether oxygens (including phenoxy) is 1. The molecule has 0 unspecified atom stereocenters. The normalized spacial score (nSPS) is 10.6. The molecule has 1 N–H and O–H groups in total. The van der Waals surface area contributed by atoms with Gasteiger partial charge in [0, 0.05) is 6.54 Å². The highest BCUT2D eigenvalue weighted by Gasteiger charge is 2.15. The Hall–Kier alpha value is -2.87. The van der Waals surface area contributed by atoms with Gasteiger partial charge in [0.15, 0.2) is 0 Å². The largest absolute Gasteiger partial charge is 0.494 e. The van der Waals surface area contributed by atoms with Gasteiger partial charge in [-0.15, -0.1) is 5.10 Å². The number of tetrazole rings is 1. The minimum absolute atomic E-state index is 0.0540.